The summed E-state index contributed by atoms with van der Waals surface area (Å²) in [6, 6.07) is 1.92. The first-order valence-electron chi connectivity index (χ1n) is 3.31. The van der Waals surface area contributed by atoms with Crippen LogP contribution in [0.3, 0.4) is 0 Å². The van der Waals surface area contributed by atoms with Gasteiger partial charge in [0.1, 0.15) is 0 Å². The van der Waals surface area contributed by atoms with Crippen LogP contribution in [0.2, 0.25) is 0 Å². The van der Waals surface area contributed by atoms with Crippen LogP contribution in [0.4, 0.5) is 0 Å². The summed E-state index contributed by atoms with van der Waals surface area (Å²) >= 11 is 0. The third-order valence-corrected chi connectivity index (χ3v) is 1.24. The van der Waals surface area contributed by atoms with E-state index in [1.165, 1.54) is 13.2 Å². The van der Waals surface area contributed by atoms with Crippen molar-refractivity contribution >= 4 is 0 Å². The maximum Gasteiger partial charge on any atom is 0.165 e. The van der Waals surface area contributed by atoms with Gasteiger partial charge < -0.3 is 9.47 Å². The zero-order valence-electron chi connectivity index (χ0n) is 7.13. The van der Waals surface area contributed by atoms with E-state index in [4.69, 9.17) is 14.7 Å². The molecule has 0 heterocycles. The fourth-order valence-corrected chi connectivity index (χ4v) is 0.481. The maximum atomic E-state index is 8.48. The van der Waals surface area contributed by atoms with Gasteiger partial charge >= 0.3 is 0 Å². The van der Waals surface area contributed by atoms with E-state index in [-0.39, 0.29) is 0 Å². The molecule has 0 bridgehead atoms. The predicted molar refractivity (Wildman–Crippen MR) is 41.8 cm³/mol. The fourth-order valence-electron chi connectivity index (χ4n) is 0.481. The molecule has 0 aliphatic heterocycles. The van der Waals surface area contributed by atoms with Crippen molar-refractivity contribution in [2.24, 2.45) is 0 Å². The molecule has 0 aromatic carbocycles. The SMILES string of the molecule is C=CC(C#N)OC(C)(C)OC. The van der Waals surface area contributed by atoms with Gasteiger partial charge in [-0.05, 0) is 19.9 Å². The third kappa shape index (κ3) is 3.76. The lowest BCUT2D eigenvalue weighted by atomic mass is 10.3. The normalized spacial score (nSPS) is 13.6. The highest BCUT2D eigenvalue weighted by molar-refractivity contribution is 4.98. The van der Waals surface area contributed by atoms with E-state index in [0.717, 1.165) is 0 Å². The monoisotopic (exact) mass is 155 g/mol. The van der Waals surface area contributed by atoms with Crippen molar-refractivity contribution in [3.05, 3.63) is 12.7 Å². The van der Waals surface area contributed by atoms with Crippen molar-refractivity contribution in [1.82, 2.24) is 0 Å². The minimum absolute atomic E-state index is 0.607. The second kappa shape index (κ2) is 4.12. The summed E-state index contributed by atoms with van der Waals surface area (Å²) in [5, 5.41) is 8.48. The molecule has 3 nitrogen and oxygen atoms in total. The molecule has 1 unspecified atom stereocenters. The molecule has 0 radical (unpaired) electrons. The lowest BCUT2D eigenvalue weighted by Gasteiger charge is -2.24. The van der Waals surface area contributed by atoms with Crippen LogP contribution in [0.25, 0.3) is 0 Å². The topological polar surface area (TPSA) is 42.2 Å². The Kier molecular flexibility index (Phi) is 3.80. The molecular weight excluding hydrogens is 142 g/mol. The summed E-state index contributed by atoms with van der Waals surface area (Å²) < 4.78 is 10.1. The van der Waals surface area contributed by atoms with E-state index >= 15 is 0 Å². The average molecular weight is 155 g/mol. The standard InChI is InChI=1S/C8H13NO2/c1-5-7(6-9)11-8(2,3)10-4/h5,7H,1H2,2-4H3. The predicted octanol–water partition coefficient (Wildman–Crippen LogP) is 1.46. The van der Waals surface area contributed by atoms with Gasteiger partial charge in [0, 0.05) is 7.11 Å². The molecule has 0 amide bonds. The zero-order valence-corrected chi connectivity index (χ0v) is 7.13. The number of nitrogens with zero attached hydrogens (tertiary/aromatic N) is 1. The molecule has 1 atom stereocenters. The maximum absolute atomic E-state index is 8.48. The summed E-state index contributed by atoms with van der Waals surface area (Å²) in [5.41, 5.74) is 0. The summed E-state index contributed by atoms with van der Waals surface area (Å²) in [4.78, 5) is 0. The Morgan fingerprint density at radius 1 is 1.64 bits per heavy atom. The fraction of sp³-hybridized carbons (Fsp3) is 0.625. The molecule has 0 aromatic rings. The molecule has 0 N–H and O–H groups in total. The Morgan fingerprint density at radius 2 is 2.18 bits per heavy atom. The Balaban J connectivity index is 4.02. The lowest BCUT2D eigenvalue weighted by molar-refractivity contribution is -0.203. The number of rotatable bonds is 4. The van der Waals surface area contributed by atoms with Gasteiger partial charge in [0.2, 0.25) is 0 Å². The Bertz CT molecular complexity index is 169. The quantitative estimate of drug-likeness (QED) is 0.456. The van der Waals surface area contributed by atoms with E-state index in [1.807, 2.05) is 6.07 Å². The van der Waals surface area contributed by atoms with Crippen LogP contribution < -0.4 is 0 Å². The molecule has 11 heavy (non-hydrogen) atoms. The molecule has 0 saturated heterocycles. The number of methoxy groups -OCH3 is 1. The molecule has 0 saturated carbocycles. The van der Waals surface area contributed by atoms with Crippen LogP contribution in [0, 0.1) is 11.3 Å². The van der Waals surface area contributed by atoms with Crippen LogP contribution in [0.5, 0.6) is 0 Å². The van der Waals surface area contributed by atoms with Gasteiger partial charge in [-0.1, -0.05) is 6.58 Å². The van der Waals surface area contributed by atoms with Gasteiger partial charge in [-0.25, -0.2) is 0 Å². The number of ether oxygens (including phenoxy) is 2. The van der Waals surface area contributed by atoms with Crippen molar-refractivity contribution in [2.75, 3.05) is 7.11 Å². The molecule has 0 rings (SSSR count). The van der Waals surface area contributed by atoms with E-state index < -0.39 is 11.9 Å². The van der Waals surface area contributed by atoms with Crippen molar-refractivity contribution in [3.63, 3.8) is 0 Å². The van der Waals surface area contributed by atoms with Gasteiger partial charge in [0.05, 0.1) is 6.07 Å². The minimum atomic E-state index is -0.728. The lowest BCUT2D eigenvalue weighted by Crippen LogP contribution is -2.30. The number of nitriles is 1. The highest BCUT2D eigenvalue weighted by Gasteiger charge is 2.20. The van der Waals surface area contributed by atoms with E-state index in [0.29, 0.717) is 0 Å². The Hall–Kier alpha value is -0.850. The summed E-state index contributed by atoms with van der Waals surface area (Å²) in [7, 11) is 1.53. The van der Waals surface area contributed by atoms with Crippen LogP contribution in [0.15, 0.2) is 12.7 Å². The van der Waals surface area contributed by atoms with Crippen molar-refractivity contribution in [3.8, 4) is 6.07 Å². The van der Waals surface area contributed by atoms with Gasteiger partial charge in [-0.2, -0.15) is 5.26 Å². The summed E-state index contributed by atoms with van der Waals surface area (Å²) in [6.07, 6.45) is 0.825. The number of hydrogen-bond acceptors (Lipinski definition) is 3. The first kappa shape index (κ1) is 10.2. The first-order valence-corrected chi connectivity index (χ1v) is 3.31. The van der Waals surface area contributed by atoms with Crippen molar-refractivity contribution in [2.45, 2.75) is 25.7 Å². The molecule has 62 valence electrons. The molecule has 3 heteroatoms. The summed E-state index contributed by atoms with van der Waals surface area (Å²) in [5.74, 6) is -0.728. The molecule has 0 aliphatic carbocycles. The van der Waals surface area contributed by atoms with Crippen LogP contribution in [-0.2, 0) is 9.47 Å². The van der Waals surface area contributed by atoms with Gasteiger partial charge in [0.25, 0.3) is 0 Å². The van der Waals surface area contributed by atoms with E-state index in [2.05, 4.69) is 6.58 Å². The van der Waals surface area contributed by atoms with Gasteiger partial charge in [-0.15, -0.1) is 0 Å². The number of hydrogen-bond donors (Lipinski definition) is 0. The Labute approximate surface area is 67.2 Å². The van der Waals surface area contributed by atoms with Gasteiger partial charge in [0.15, 0.2) is 11.9 Å². The first-order chi connectivity index (χ1) is 5.05. The minimum Gasteiger partial charge on any atom is -0.354 e. The van der Waals surface area contributed by atoms with Crippen LogP contribution in [0.1, 0.15) is 13.8 Å². The van der Waals surface area contributed by atoms with Crippen LogP contribution in [-0.4, -0.2) is 19.0 Å². The average Bonchev–Trinajstić information content (AvgIpc) is 2.00. The third-order valence-electron chi connectivity index (χ3n) is 1.24. The van der Waals surface area contributed by atoms with Crippen molar-refractivity contribution in [1.29, 1.82) is 5.26 Å². The van der Waals surface area contributed by atoms with E-state index in [9.17, 15) is 0 Å². The van der Waals surface area contributed by atoms with E-state index in [1.54, 1.807) is 13.8 Å². The second-order valence-electron chi connectivity index (χ2n) is 2.51. The molecule has 0 aromatic heterocycles. The highest BCUT2D eigenvalue weighted by Crippen LogP contribution is 2.12. The molecule has 0 fully saturated rings. The largest absolute Gasteiger partial charge is 0.354 e. The zero-order chi connectivity index (χ0) is 8.91. The summed E-state index contributed by atoms with van der Waals surface area (Å²) in [6.45, 7) is 6.92. The second-order valence-corrected chi connectivity index (χ2v) is 2.51. The molecule has 0 aliphatic rings. The Morgan fingerprint density at radius 3 is 2.45 bits per heavy atom. The molecule has 0 spiro atoms. The van der Waals surface area contributed by atoms with Crippen molar-refractivity contribution < 1.29 is 9.47 Å². The molecular formula is C8H13NO2. The smallest absolute Gasteiger partial charge is 0.165 e. The highest BCUT2D eigenvalue weighted by atomic mass is 16.7. The van der Waals surface area contributed by atoms with Gasteiger partial charge in [-0.3, -0.25) is 0 Å². The van der Waals surface area contributed by atoms with Crippen LogP contribution >= 0.6 is 0 Å².